The number of carbonyl (C=O) groups excluding carboxylic acids is 3. The molecular weight excluding hydrogens is 250 g/mol. The van der Waals surface area contributed by atoms with E-state index in [2.05, 4.69) is 9.84 Å². The molecule has 0 aromatic rings. The maximum absolute atomic E-state index is 12.2. The van der Waals surface area contributed by atoms with Gasteiger partial charge in [0.2, 0.25) is 5.91 Å². The van der Waals surface area contributed by atoms with Crippen LogP contribution in [0.2, 0.25) is 0 Å². The van der Waals surface area contributed by atoms with Gasteiger partial charge in [-0.15, -0.1) is 0 Å². The van der Waals surface area contributed by atoms with Gasteiger partial charge in [0.05, 0.1) is 7.11 Å². The lowest BCUT2D eigenvalue weighted by Gasteiger charge is -2.24. The van der Waals surface area contributed by atoms with Crippen LogP contribution in [0.25, 0.3) is 0 Å². The van der Waals surface area contributed by atoms with Crippen LogP contribution in [-0.4, -0.2) is 60.7 Å². The molecule has 2 amide bonds. The number of hydrogen-bond donors (Lipinski definition) is 0. The van der Waals surface area contributed by atoms with E-state index < -0.39 is 5.97 Å². The van der Waals surface area contributed by atoms with Crippen molar-refractivity contribution >= 4 is 23.5 Å². The Hall–Kier alpha value is -1.92. The molecule has 0 aliphatic carbocycles. The zero-order chi connectivity index (χ0) is 14.4. The van der Waals surface area contributed by atoms with Gasteiger partial charge in [0.15, 0.2) is 0 Å². The number of amides is 2. The molecule has 1 heterocycles. The third-order valence-electron chi connectivity index (χ3n) is 2.78. The van der Waals surface area contributed by atoms with Gasteiger partial charge in [0.1, 0.15) is 12.3 Å². The van der Waals surface area contributed by atoms with E-state index in [9.17, 15) is 14.4 Å². The second-order valence-corrected chi connectivity index (χ2v) is 4.27. The average Bonchev–Trinajstić information content (AvgIpc) is 2.40. The minimum absolute atomic E-state index is 0.0974. The van der Waals surface area contributed by atoms with Gasteiger partial charge in [-0.2, -0.15) is 5.10 Å². The second kappa shape index (κ2) is 6.86. The van der Waals surface area contributed by atoms with Crippen LogP contribution in [0.5, 0.6) is 0 Å². The summed E-state index contributed by atoms with van der Waals surface area (Å²) in [4.78, 5) is 36.2. The van der Waals surface area contributed by atoms with E-state index in [1.165, 1.54) is 24.1 Å². The smallest absolute Gasteiger partial charge is 0.325 e. The van der Waals surface area contributed by atoms with Crippen molar-refractivity contribution in [2.45, 2.75) is 26.2 Å². The fourth-order valence-corrected chi connectivity index (χ4v) is 1.75. The second-order valence-electron chi connectivity index (χ2n) is 4.27. The summed E-state index contributed by atoms with van der Waals surface area (Å²) >= 11 is 0. The van der Waals surface area contributed by atoms with Crippen LogP contribution in [0.4, 0.5) is 0 Å². The van der Waals surface area contributed by atoms with E-state index in [0.29, 0.717) is 18.7 Å². The molecule has 0 unspecified atom stereocenters. The van der Waals surface area contributed by atoms with Gasteiger partial charge in [-0.25, -0.2) is 5.01 Å². The first-order chi connectivity index (χ1) is 8.99. The fraction of sp³-hybridized carbons (Fsp3) is 0.667. The number of carbonyl (C=O) groups is 3. The van der Waals surface area contributed by atoms with Crippen molar-refractivity contribution in [2.75, 3.05) is 27.2 Å². The Bertz CT molecular complexity index is 406. The summed E-state index contributed by atoms with van der Waals surface area (Å²) in [5, 5.41) is 5.12. The Morgan fingerprint density at radius 3 is 2.63 bits per heavy atom. The third-order valence-corrected chi connectivity index (χ3v) is 2.78. The molecule has 19 heavy (non-hydrogen) atoms. The molecule has 1 rings (SSSR count). The first-order valence-corrected chi connectivity index (χ1v) is 6.19. The number of ether oxygens (including phenoxy) is 1. The van der Waals surface area contributed by atoms with Gasteiger partial charge in [-0.05, 0) is 6.42 Å². The first kappa shape index (κ1) is 15.1. The number of rotatable bonds is 5. The molecule has 0 aromatic carbocycles. The highest BCUT2D eigenvalue weighted by Gasteiger charge is 2.26. The van der Waals surface area contributed by atoms with Crippen LogP contribution in [0.3, 0.4) is 0 Å². The van der Waals surface area contributed by atoms with Gasteiger partial charge in [0.25, 0.3) is 5.91 Å². The van der Waals surface area contributed by atoms with E-state index in [1.54, 1.807) is 0 Å². The van der Waals surface area contributed by atoms with Crippen molar-refractivity contribution in [1.29, 1.82) is 0 Å². The molecule has 7 heteroatoms. The molecule has 0 fully saturated rings. The summed E-state index contributed by atoms with van der Waals surface area (Å²) < 4.78 is 4.57. The molecule has 0 spiro atoms. The monoisotopic (exact) mass is 269 g/mol. The molecule has 7 nitrogen and oxygen atoms in total. The van der Waals surface area contributed by atoms with Crippen molar-refractivity contribution in [3.8, 4) is 0 Å². The zero-order valence-electron chi connectivity index (χ0n) is 11.5. The predicted octanol–water partition coefficient (Wildman–Crippen LogP) is 0.00620. The van der Waals surface area contributed by atoms with Gasteiger partial charge in [-0.1, -0.05) is 6.92 Å². The van der Waals surface area contributed by atoms with Crippen molar-refractivity contribution in [1.82, 2.24) is 9.91 Å². The fourth-order valence-electron chi connectivity index (χ4n) is 1.75. The molecule has 0 aromatic heterocycles. The predicted molar refractivity (Wildman–Crippen MR) is 68.3 cm³/mol. The summed E-state index contributed by atoms with van der Waals surface area (Å²) in [7, 11) is 2.79. The van der Waals surface area contributed by atoms with Crippen LogP contribution in [0.15, 0.2) is 5.10 Å². The third kappa shape index (κ3) is 4.04. The molecule has 0 N–H and O–H groups in total. The van der Waals surface area contributed by atoms with Gasteiger partial charge >= 0.3 is 5.97 Å². The summed E-state index contributed by atoms with van der Waals surface area (Å²) in [6.07, 6.45) is 1.30. The molecule has 0 atom stereocenters. The molecule has 0 bridgehead atoms. The Labute approximate surface area is 112 Å². The summed E-state index contributed by atoms with van der Waals surface area (Å²) in [6.45, 7) is 2.26. The highest BCUT2D eigenvalue weighted by atomic mass is 16.5. The lowest BCUT2D eigenvalue weighted by molar-refractivity contribution is -0.145. The molecule has 0 saturated heterocycles. The quantitative estimate of drug-likeness (QED) is 0.658. The van der Waals surface area contributed by atoms with E-state index in [4.69, 9.17) is 0 Å². The largest absolute Gasteiger partial charge is 0.468 e. The Morgan fingerprint density at radius 2 is 2.11 bits per heavy atom. The zero-order valence-corrected chi connectivity index (χ0v) is 11.5. The maximum Gasteiger partial charge on any atom is 0.325 e. The van der Waals surface area contributed by atoms with Crippen molar-refractivity contribution in [3.05, 3.63) is 0 Å². The van der Waals surface area contributed by atoms with E-state index in [1.807, 2.05) is 6.92 Å². The molecule has 106 valence electrons. The SMILES string of the molecule is CCCN(CC(=O)OC)C(=O)C1=NN(C)C(=O)CC1. The maximum atomic E-state index is 12.2. The standard InChI is InChI=1S/C12H19N3O4/c1-4-7-15(8-11(17)19-3)12(18)9-5-6-10(16)14(2)13-9/h4-8H2,1-3H3. The van der Waals surface area contributed by atoms with Crippen LogP contribution in [0, 0.1) is 0 Å². The van der Waals surface area contributed by atoms with Crippen molar-refractivity contribution < 1.29 is 19.1 Å². The number of nitrogens with zero attached hydrogens (tertiary/aromatic N) is 3. The van der Waals surface area contributed by atoms with Gasteiger partial charge < -0.3 is 9.64 Å². The molecule has 0 saturated carbocycles. The average molecular weight is 269 g/mol. The Kier molecular flexibility index (Phi) is 5.47. The lowest BCUT2D eigenvalue weighted by Crippen LogP contribution is -2.43. The van der Waals surface area contributed by atoms with Crippen LogP contribution >= 0.6 is 0 Å². The van der Waals surface area contributed by atoms with Crippen LogP contribution in [0.1, 0.15) is 26.2 Å². The number of esters is 1. The van der Waals surface area contributed by atoms with E-state index in [-0.39, 0.29) is 24.8 Å². The molecule has 0 radical (unpaired) electrons. The molecule has 1 aliphatic heterocycles. The van der Waals surface area contributed by atoms with Crippen LogP contribution < -0.4 is 0 Å². The molecule has 1 aliphatic rings. The van der Waals surface area contributed by atoms with E-state index >= 15 is 0 Å². The Balaban J connectivity index is 2.79. The van der Waals surface area contributed by atoms with Crippen molar-refractivity contribution in [2.24, 2.45) is 5.10 Å². The lowest BCUT2D eigenvalue weighted by atomic mass is 10.1. The Morgan fingerprint density at radius 1 is 1.42 bits per heavy atom. The van der Waals surface area contributed by atoms with Crippen molar-refractivity contribution in [3.63, 3.8) is 0 Å². The van der Waals surface area contributed by atoms with Gasteiger partial charge in [0, 0.05) is 26.4 Å². The number of hydrogen-bond acceptors (Lipinski definition) is 5. The highest BCUT2D eigenvalue weighted by molar-refractivity contribution is 6.39. The van der Waals surface area contributed by atoms with Gasteiger partial charge in [-0.3, -0.25) is 14.4 Å². The number of hydrazone groups is 1. The summed E-state index contributed by atoms with van der Waals surface area (Å²) in [5.74, 6) is -0.902. The minimum Gasteiger partial charge on any atom is -0.468 e. The normalized spacial score (nSPS) is 15.0. The highest BCUT2D eigenvalue weighted by Crippen LogP contribution is 2.09. The minimum atomic E-state index is -0.470. The van der Waals surface area contributed by atoms with Crippen LogP contribution in [-0.2, 0) is 19.1 Å². The molecular formula is C12H19N3O4. The summed E-state index contributed by atoms with van der Waals surface area (Å²) in [5.41, 5.74) is 0.305. The van der Waals surface area contributed by atoms with E-state index in [0.717, 1.165) is 6.42 Å². The number of methoxy groups -OCH3 is 1. The first-order valence-electron chi connectivity index (χ1n) is 6.19. The summed E-state index contributed by atoms with van der Waals surface area (Å²) in [6, 6.07) is 0. The topological polar surface area (TPSA) is 79.3 Å².